The molecule has 0 spiro atoms. The van der Waals surface area contributed by atoms with Crippen LogP contribution in [0.3, 0.4) is 0 Å². The number of nitrogens with zero attached hydrogens (tertiary/aromatic N) is 1. The van der Waals surface area contributed by atoms with Crippen LogP contribution in [0, 0.1) is 5.92 Å². The summed E-state index contributed by atoms with van der Waals surface area (Å²) in [4.78, 5) is 2.60. The van der Waals surface area contributed by atoms with Crippen LogP contribution in [0.1, 0.15) is 33.1 Å². The Morgan fingerprint density at radius 2 is 2.11 bits per heavy atom. The first-order valence-corrected chi connectivity index (χ1v) is 8.01. The summed E-state index contributed by atoms with van der Waals surface area (Å²) in [5.74, 6) is 0.746. The van der Waals surface area contributed by atoms with Crippen LogP contribution in [-0.2, 0) is 4.74 Å². The third-order valence-corrected chi connectivity index (χ3v) is 4.22. The molecule has 112 valence electrons. The summed E-state index contributed by atoms with van der Waals surface area (Å²) in [5, 5.41) is 7.20. The fourth-order valence-electron chi connectivity index (χ4n) is 3.15. The van der Waals surface area contributed by atoms with Crippen molar-refractivity contribution in [3.63, 3.8) is 0 Å². The molecule has 0 saturated carbocycles. The maximum absolute atomic E-state index is 5.50. The Labute approximate surface area is 118 Å². The van der Waals surface area contributed by atoms with Crippen molar-refractivity contribution in [2.75, 3.05) is 45.9 Å². The summed E-state index contributed by atoms with van der Waals surface area (Å²) < 4.78 is 5.50. The van der Waals surface area contributed by atoms with Gasteiger partial charge in [-0.1, -0.05) is 6.92 Å². The quantitative estimate of drug-likeness (QED) is 0.725. The normalized spacial score (nSPS) is 28.4. The van der Waals surface area contributed by atoms with E-state index in [1.165, 1.54) is 32.5 Å². The van der Waals surface area contributed by atoms with E-state index in [4.69, 9.17) is 4.74 Å². The minimum absolute atomic E-state index is 0.533. The van der Waals surface area contributed by atoms with E-state index in [0.29, 0.717) is 12.1 Å². The molecule has 0 bridgehead atoms. The number of likely N-dealkylation sites (tertiary alicyclic amines) is 1. The average molecular weight is 269 g/mol. The number of ether oxygens (including phenoxy) is 1. The maximum atomic E-state index is 5.50. The van der Waals surface area contributed by atoms with Gasteiger partial charge in [0.05, 0.1) is 13.2 Å². The summed E-state index contributed by atoms with van der Waals surface area (Å²) in [6.45, 7) is 12.4. The van der Waals surface area contributed by atoms with E-state index in [1.54, 1.807) is 0 Å². The van der Waals surface area contributed by atoms with Crippen molar-refractivity contribution in [1.82, 2.24) is 15.5 Å². The van der Waals surface area contributed by atoms with Gasteiger partial charge in [0.1, 0.15) is 0 Å². The summed E-state index contributed by atoms with van der Waals surface area (Å²) in [6.07, 6.45) is 3.95. The molecule has 2 rings (SSSR count). The second kappa shape index (κ2) is 8.20. The van der Waals surface area contributed by atoms with Crippen molar-refractivity contribution in [1.29, 1.82) is 0 Å². The Hall–Kier alpha value is -0.160. The zero-order chi connectivity index (χ0) is 13.5. The zero-order valence-corrected chi connectivity index (χ0v) is 12.7. The van der Waals surface area contributed by atoms with Crippen LogP contribution in [0.15, 0.2) is 0 Å². The predicted molar refractivity (Wildman–Crippen MR) is 79.5 cm³/mol. The first kappa shape index (κ1) is 15.2. The summed E-state index contributed by atoms with van der Waals surface area (Å²) in [6, 6.07) is 1.10. The van der Waals surface area contributed by atoms with Crippen molar-refractivity contribution in [3.05, 3.63) is 0 Å². The molecule has 2 saturated heterocycles. The number of nitrogens with one attached hydrogen (secondary N) is 2. The van der Waals surface area contributed by atoms with Gasteiger partial charge in [-0.25, -0.2) is 0 Å². The SMILES string of the molecule is CC(CNC(C)CC1COCCN1)CN1CCCC1. The molecule has 3 unspecified atom stereocenters. The van der Waals surface area contributed by atoms with Crippen molar-refractivity contribution < 1.29 is 4.74 Å². The lowest BCUT2D eigenvalue weighted by molar-refractivity contribution is 0.0710. The van der Waals surface area contributed by atoms with E-state index >= 15 is 0 Å². The highest BCUT2D eigenvalue weighted by molar-refractivity contribution is 4.77. The number of rotatable bonds is 7. The highest BCUT2D eigenvalue weighted by Gasteiger charge is 2.18. The Kier molecular flexibility index (Phi) is 6.57. The Morgan fingerprint density at radius 3 is 2.79 bits per heavy atom. The van der Waals surface area contributed by atoms with Gasteiger partial charge in [-0.15, -0.1) is 0 Å². The van der Waals surface area contributed by atoms with Crippen molar-refractivity contribution >= 4 is 0 Å². The van der Waals surface area contributed by atoms with E-state index in [-0.39, 0.29) is 0 Å². The smallest absolute Gasteiger partial charge is 0.0620 e. The monoisotopic (exact) mass is 269 g/mol. The minimum atomic E-state index is 0.533. The summed E-state index contributed by atoms with van der Waals surface area (Å²) in [7, 11) is 0. The van der Waals surface area contributed by atoms with Gasteiger partial charge >= 0.3 is 0 Å². The lowest BCUT2D eigenvalue weighted by Crippen LogP contribution is -2.45. The van der Waals surface area contributed by atoms with Crippen LogP contribution in [0.4, 0.5) is 0 Å². The van der Waals surface area contributed by atoms with Crippen molar-refractivity contribution in [2.24, 2.45) is 5.92 Å². The predicted octanol–water partition coefficient (Wildman–Crippen LogP) is 1.07. The van der Waals surface area contributed by atoms with Crippen LogP contribution in [0.5, 0.6) is 0 Å². The molecule has 19 heavy (non-hydrogen) atoms. The van der Waals surface area contributed by atoms with Gasteiger partial charge in [0.15, 0.2) is 0 Å². The molecule has 0 amide bonds. The lowest BCUT2D eigenvalue weighted by Gasteiger charge is -2.28. The lowest BCUT2D eigenvalue weighted by atomic mass is 10.1. The standard InChI is InChI=1S/C15H31N3O/c1-13(11-18-6-3-4-7-18)10-17-14(2)9-15-12-19-8-5-16-15/h13-17H,3-12H2,1-2H3. The van der Waals surface area contributed by atoms with Gasteiger partial charge in [0.25, 0.3) is 0 Å². The fraction of sp³-hybridized carbons (Fsp3) is 1.00. The summed E-state index contributed by atoms with van der Waals surface area (Å²) in [5.41, 5.74) is 0. The van der Waals surface area contributed by atoms with Crippen LogP contribution >= 0.6 is 0 Å². The average Bonchev–Trinajstić information content (AvgIpc) is 2.90. The molecule has 0 aromatic rings. The molecule has 2 aliphatic heterocycles. The molecule has 0 aromatic heterocycles. The van der Waals surface area contributed by atoms with E-state index in [2.05, 4.69) is 29.4 Å². The van der Waals surface area contributed by atoms with Crippen LogP contribution in [0.25, 0.3) is 0 Å². The molecular formula is C15H31N3O. The molecule has 0 radical (unpaired) electrons. The molecule has 3 atom stereocenters. The molecule has 2 aliphatic rings. The molecule has 2 heterocycles. The van der Waals surface area contributed by atoms with Gasteiger partial charge in [0, 0.05) is 25.2 Å². The third-order valence-electron chi connectivity index (χ3n) is 4.22. The molecular weight excluding hydrogens is 238 g/mol. The third kappa shape index (κ3) is 5.78. The Balaban J connectivity index is 1.55. The van der Waals surface area contributed by atoms with Crippen LogP contribution in [-0.4, -0.2) is 62.9 Å². The van der Waals surface area contributed by atoms with Gasteiger partial charge < -0.3 is 20.3 Å². The van der Waals surface area contributed by atoms with E-state index in [1.807, 2.05) is 0 Å². The number of hydrogen-bond acceptors (Lipinski definition) is 4. The molecule has 2 fully saturated rings. The van der Waals surface area contributed by atoms with E-state index in [9.17, 15) is 0 Å². The number of morpholine rings is 1. The molecule has 0 aliphatic carbocycles. The van der Waals surface area contributed by atoms with Gasteiger partial charge in [-0.3, -0.25) is 0 Å². The number of hydrogen-bond donors (Lipinski definition) is 2. The second-order valence-electron chi connectivity index (χ2n) is 6.38. The largest absolute Gasteiger partial charge is 0.379 e. The van der Waals surface area contributed by atoms with Crippen molar-refractivity contribution in [3.8, 4) is 0 Å². The molecule has 4 heteroatoms. The maximum Gasteiger partial charge on any atom is 0.0620 e. The van der Waals surface area contributed by atoms with Crippen molar-refractivity contribution in [2.45, 2.75) is 45.2 Å². The molecule has 4 nitrogen and oxygen atoms in total. The molecule has 2 N–H and O–H groups in total. The van der Waals surface area contributed by atoms with Gasteiger partial charge in [-0.2, -0.15) is 0 Å². The Bertz CT molecular complexity index is 238. The highest BCUT2D eigenvalue weighted by Crippen LogP contribution is 2.10. The molecule has 0 aromatic carbocycles. The van der Waals surface area contributed by atoms with Gasteiger partial charge in [-0.05, 0) is 51.7 Å². The first-order valence-electron chi connectivity index (χ1n) is 8.01. The minimum Gasteiger partial charge on any atom is -0.379 e. The van der Waals surface area contributed by atoms with Crippen LogP contribution in [0.2, 0.25) is 0 Å². The summed E-state index contributed by atoms with van der Waals surface area (Å²) >= 11 is 0. The zero-order valence-electron chi connectivity index (χ0n) is 12.7. The highest BCUT2D eigenvalue weighted by atomic mass is 16.5. The second-order valence-corrected chi connectivity index (χ2v) is 6.38. The first-order chi connectivity index (χ1) is 9.24. The van der Waals surface area contributed by atoms with Crippen LogP contribution < -0.4 is 10.6 Å². The van der Waals surface area contributed by atoms with E-state index < -0.39 is 0 Å². The Morgan fingerprint density at radius 1 is 1.32 bits per heavy atom. The topological polar surface area (TPSA) is 36.5 Å². The van der Waals surface area contributed by atoms with E-state index in [0.717, 1.165) is 38.6 Å². The van der Waals surface area contributed by atoms with Gasteiger partial charge in [0.2, 0.25) is 0 Å². The fourth-order valence-corrected chi connectivity index (χ4v) is 3.15.